The molecule has 1 aromatic carbocycles. The summed E-state index contributed by atoms with van der Waals surface area (Å²) in [6.07, 6.45) is 1.56. The standard InChI is InChI=1S/C17H21N3O4/c1-11(15-5-4-8-24-15)19-17(22)10-18-14-9-13(20-12(2)21)6-7-16(14)23-3/h4-9,11,18H,10H2,1-3H3,(H,19,22)(H,20,21). The average molecular weight is 331 g/mol. The van der Waals surface area contributed by atoms with E-state index in [1.54, 1.807) is 36.6 Å². The van der Waals surface area contributed by atoms with Crippen LogP contribution >= 0.6 is 0 Å². The summed E-state index contributed by atoms with van der Waals surface area (Å²) in [6, 6.07) is 8.51. The van der Waals surface area contributed by atoms with Crippen molar-refractivity contribution in [3.8, 4) is 5.75 Å². The largest absolute Gasteiger partial charge is 0.495 e. The minimum absolute atomic E-state index is 0.0604. The Bertz CT molecular complexity index is 698. The first-order valence-corrected chi connectivity index (χ1v) is 7.52. The number of amides is 2. The normalized spacial score (nSPS) is 11.5. The van der Waals surface area contributed by atoms with Crippen LogP contribution in [-0.4, -0.2) is 25.5 Å². The van der Waals surface area contributed by atoms with Crippen molar-refractivity contribution in [1.29, 1.82) is 0 Å². The number of ether oxygens (including phenoxy) is 1. The number of benzene rings is 1. The van der Waals surface area contributed by atoms with Gasteiger partial charge in [0.25, 0.3) is 0 Å². The van der Waals surface area contributed by atoms with E-state index >= 15 is 0 Å². The van der Waals surface area contributed by atoms with Crippen molar-refractivity contribution in [3.05, 3.63) is 42.4 Å². The number of anilines is 2. The highest BCUT2D eigenvalue weighted by Gasteiger charge is 2.12. The molecule has 2 amide bonds. The third-order valence-corrected chi connectivity index (χ3v) is 3.31. The van der Waals surface area contributed by atoms with E-state index in [0.29, 0.717) is 22.9 Å². The highest BCUT2D eigenvalue weighted by molar-refractivity contribution is 5.90. The third kappa shape index (κ3) is 4.77. The summed E-state index contributed by atoms with van der Waals surface area (Å²) in [5, 5.41) is 8.53. The lowest BCUT2D eigenvalue weighted by Crippen LogP contribution is -2.32. The van der Waals surface area contributed by atoms with Crippen LogP contribution in [-0.2, 0) is 9.59 Å². The van der Waals surface area contributed by atoms with Crippen LogP contribution in [0.2, 0.25) is 0 Å². The highest BCUT2D eigenvalue weighted by Crippen LogP contribution is 2.27. The quantitative estimate of drug-likeness (QED) is 0.725. The van der Waals surface area contributed by atoms with Crippen LogP contribution < -0.4 is 20.7 Å². The Kier molecular flexibility index (Phi) is 5.83. The molecule has 2 rings (SSSR count). The molecule has 0 fully saturated rings. The van der Waals surface area contributed by atoms with E-state index in [-0.39, 0.29) is 24.4 Å². The molecule has 0 saturated heterocycles. The number of hydrogen-bond acceptors (Lipinski definition) is 5. The SMILES string of the molecule is COc1ccc(NC(C)=O)cc1NCC(=O)NC(C)c1ccco1. The number of methoxy groups -OCH3 is 1. The second-order valence-corrected chi connectivity index (χ2v) is 5.25. The van der Waals surface area contributed by atoms with Gasteiger partial charge in [0.2, 0.25) is 11.8 Å². The molecule has 0 aliphatic carbocycles. The number of carbonyl (C=O) groups excluding carboxylic acids is 2. The highest BCUT2D eigenvalue weighted by atomic mass is 16.5. The molecule has 0 aliphatic heterocycles. The summed E-state index contributed by atoms with van der Waals surface area (Å²) in [6.45, 7) is 3.33. The third-order valence-electron chi connectivity index (χ3n) is 3.31. The van der Waals surface area contributed by atoms with Crippen molar-refractivity contribution in [2.45, 2.75) is 19.9 Å². The van der Waals surface area contributed by atoms with E-state index < -0.39 is 0 Å². The fraction of sp³-hybridized carbons (Fsp3) is 0.294. The predicted molar refractivity (Wildman–Crippen MR) is 91.1 cm³/mol. The van der Waals surface area contributed by atoms with E-state index in [0.717, 1.165) is 0 Å². The zero-order valence-corrected chi connectivity index (χ0v) is 13.9. The molecule has 7 nitrogen and oxygen atoms in total. The summed E-state index contributed by atoms with van der Waals surface area (Å²) >= 11 is 0. The van der Waals surface area contributed by atoms with Crippen molar-refractivity contribution in [1.82, 2.24) is 5.32 Å². The molecule has 0 bridgehead atoms. The van der Waals surface area contributed by atoms with Gasteiger partial charge in [-0.1, -0.05) is 0 Å². The lowest BCUT2D eigenvalue weighted by molar-refractivity contribution is -0.120. The average Bonchev–Trinajstić information content (AvgIpc) is 3.07. The van der Waals surface area contributed by atoms with Crippen LogP contribution in [0, 0.1) is 0 Å². The van der Waals surface area contributed by atoms with Gasteiger partial charge in [-0.25, -0.2) is 0 Å². The van der Waals surface area contributed by atoms with Crippen LogP contribution in [0.5, 0.6) is 5.75 Å². The smallest absolute Gasteiger partial charge is 0.239 e. The van der Waals surface area contributed by atoms with Crippen LogP contribution in [0.4, 0.5) is 11.4 Å². The Morgan fingerprint density at radius 3 is 2.71 bits per heavy atom. The number of hydrogen-bond donors (Lipinski definition) is 3. The Morgan fingerprint density at radius 2 is 2.08 bits per heavy atom. The first-order chi connectivity index (χ1) is 11.5. The summed E-state index contributed by atoms with van der Waals surface area (Å²) < 4.78 is 10.5. The van der Waals surface area contributed by atoms with Gasteiger partial charge in [-0.3, -0.25) is 9.59 Å². The second kappa shape index (κ2) is 8.05. The first-order valence-electron chi connectivity index (χ1n) is 7.52. The fourth-order valence-corrected chi connectivity index (χ4v) is 2.20. The van der Waals surface area contributed by atoms with Gasteiger partial charge in [0.05, 0.1) is 31.6 Å². The van der Waals surface area contributed by atoms with E-state index in [1.165, 1.54) is 14.0 Å². The molecule has 24 heavy (non-hydrogen) atoms. The van der Waals surface area contributed by atoms with Gasteiger partial charge in [-0.05, 0) is 37.3 Å². The second-order valence-electron chi connectivity index (χ2n) is 5.25. The molecule has 3 N–H and O–H groups in total. The summed E-state index contributed by atoms with van der Waals surface area (Å²) in [5.41, 5.74) is 1.24. The van der Waals surface area contributed by atoms with Crippen LogP contribution in [0.1, 0.15) is 25.6 Å². The molecule has 1 atom stereocenters. The van der Waals surface area contributed by atoms with Crippen molar-refractivity contribution in [2.24, 2.45) is 0 Å². The zero-order chi connectivity index (χ0) is 17.5. The maximum Gasteiger partial charge on any atom is 0.239 e. The summed E-state index contributed by atoms with van der Waals surface area (Å²) in [5.74, 6) is 0.909. The van der Waals surface area contributed by atoms with Gasteiger partial charge in [0.1, 0.15) is 11.5 Å². The minimum Gasteiger partial charge on any atom is -0.495 e. The van der Waals surface area contributed by atoms with Crippen LogP contribution in [0.15, 0.2) is 41.0 Å². The molecule has 2 aromatic rings. The Labute approximate surface area is 140 Å². The predicted octanol–water partition coefficient (Wildman–Crippen LogP) is 2.54. The Hall–Kier alpha value is -2.96. The maximum absolute atomic E-state index is 12.1. The number of nitrogens with one attached hydrogen (secondary N) is 3. The van der Waals surface area contributed by atoms with Crippen molar-refractivity contribution in [2.75, 3.05) is 24.3 Å². The van der Waals surface area contributed by atoms with E-state index in [2.05, 4.69) is 16.0 Å². The maximum atomic E-state index is 12.1. The van der Waals surface area contributed by atoms with Gasteiger partial charge >= 0.3 is 0 Å². The molecule has 0 saturated carbocycles. The van der Waals surface area contributed by atoms with Gasteiger partial charge < -0.3 is 25.1 Å². The molecule has 0 aliphatic rings. The molecule has 0 radical (unpaired) electrons. The van der Waals surface area contributed by atoms with Crippen molar-refractivity contribution < 1.29 is 18.7 Å². The van der Waals surface area contributed by atoms with E-state index in [4.69, 9.17) is 9.15 Å². The topological polar surface area (TPSA) is 92.6 Å². The van der Waals surface area contributed by atoms with E-state index in [1.807, 2.05) is 6.92 Å². The summed E-state index contributed by atoms with van der Waals surface area (Å²) in [4.78, 5) is 23.2. The molecule has 7 heteroatoms. The minimum atomic E-state index is -0.220. The fourth-order valence-electron chi connectivity index (χ4n) is 2.20. The molecule has 1 unspecified atom stereocenters. The van der Waals surface area contributed by atoms with Gasteiger partial charge in [0, 0.05) is 12.6 Å². The molecule has 1 aromatic heterocycles. The van der Waals surface area contributed by atoms with E-state index in [9.17, 15) is 9.59 Å². The zero-order valence-electron chi connectivity index (χ0n) is 13.9. The number of furan rings is 1. The molecule has 1 heterocycles. The van der Waals surface area contributed by atoms with Gasteiger partial charge in [-0.15, -0.1) is 0 Å². The van der Waals surface area contributed by atoms with Crippen LogP contribution in [0.25, 0.3) is 0 Å². The first kappa shape index (κ1) is 17.4. The lowest BCUT2D eigenvalue weighted by Gasteiger charge is -2.15. The molecule has 0 spiro atoms. The molecular weight excluding hydrogens is 310 g/mol. The van der Waals surface area contributed by atoms with Crippen molar-refractivity contribution >= 4 is 23.2 Å². The van der Waals surface area contributed by atoms with Crippen LogP contribution in [0.3, 0.4) is 0 Å². The van der Waals surface area contributed by atoms with Gasteiger partial charge in [0.15, 0.2) is 0 Å². The van der Waals surface area contributed by atoms with Gasteiger partial charge in [-0.2, -0.15) is 0 Å². The molecular formula is C17H21N3O4. The van der Waals surface area contributed by atoms with Crippen molar-refractivity contribution in [3.63, 3.8) is 0 Å². The molecule has 128 valence electrons. The Balaban J connectivity index is 1.96. The lowest BCUT2D eigenvalue weighted by atomic mass is 10.2. The number of carbonyl (C=O) groups is 2. The Morgan fingerprint density at radius 1 is 1.29 bits per heavy atom. The summed E-state index contributed by atoms with van der Waals surface area (Å²) in [7, 11) is 1.54. The monoisotopic (exact) mass is 331 g/mol. The number of rotatable bonds is 7.